The van der Waals surface area contributed by atoms with Crippen LogP contribution < -0.4 is 10.6 Å². The smallest absolute Gasteiger partial charge is 0.255 e. The number of nitrogens with zero attached hydrogens (tertiary/aromatic N) is 2. The van der Waals surface area contributed by atoms with Gasteiger partial charge in [-0.05, 0) is 48.0 Å². The molecule has 7 heteroatoms. The van der Waals surface area contributed by atoms with Gasteiger partial charge in [-0.15, -0.1) is 11.3 Å². The second-order valence-electron chi connectivity index (χ2n) is 7.82. The fraction of sp³-hybridized carbons (Fsp3) is 0.200. The largest absolute Gasteiger partial charge is 0.321 e. The lowest BCUT2D eigenvalue weighted by atomic mass is 10.1. The van der Waals surface area contributed by atoms with Crippen LogP contribution in [0.3, 0.4) is 0 Å². The van der Waals surface area contributed by atoms with Crippen molar-refractivity contribution in [3.63, 3.8) is 0 Å². The van der Waals surface area contributed by atoms with Crippen molar-refractivity contribution in [1.29, 1.82) is 0 Å². The molecule has 5 nitrogen and oxygen atoms in total. The molecule has 0 bridgehead atoms. The number of hydrogen-bond donors (Lipinski definition) is 2. The van der Waals surface area contributed by atoms with Gasteiger partial charge in [0.1, 0.15) is 10.8 Å². The van der Waals surface area contributed by atoms with Crippen molar-refractivity contribution >= 4 is 33.1 Å². The molecular weight excluding hydrogens is 423 g/mol. The minimum atomic E-state index is -0.368. The van der Waals surface area contributed by atoms with E-state index in [1.807, 2.05) is 24.3 Å². The molecule has 0 saturated carbocycles. The van der Waals surface area contributed by atoms with Gasteiger partial charge in [-0.2, -0.15) is 0 Å². The SMILES string of the molecule is O=C(Nc1ccccc1-c1nc2c(CN3CCNCC3)cccc2s1)c1ccc(F)cc1. The number of fused-ring (bicyclic) bond motifs is 1. The van der Waals surface area contributed by atoms with Crippen LogP contribution in [0.5, 0.6) is 0 Å². The molecule has 0 aliphatic carbocycles. The van der Waals surface area contributed by atoms with Crippen molar-refractivity contribution < 1.29 is 9.18 Å². The van der Waals surface area contributed by atoms with Crippen molar-refractivity contribution in [3.05, 3.63) is 83.7 Å². The summed E-state index contributed by atoms with van der Waals surface area (Å²) in [5.74, 6) is -0.647. The van der Waals surface area contributed by atoms with Crippen LogP contribution in [-0.4, -0.2) is 42.0 Å². The zero-order valence-corrected chi connectivity index (χ0v) is 18.3. The number of rotatable bonds is 5. The molecule has 1 amide bonds. The number of thiazole rings is 1. The van der Waals surface area contributed by atoms with E-state index in [1.165, 1.54) is 29.8 Å². The first-order valence-electron chi connectivity index (χ1n) is 10.7. The molecule has 0 radical (unpaired) electrons. The molecule has 2 heterocycles. The molecule has 1 aliphatic rings. The zero-order chi connectivity index (χ0) is 21.9. The molecule has 32 heavy (non-hydrogen) atoms. The van der Waals surface area contributed by atoms with Gasteiger partial charge in [-0.1, -0.05) is 24.3 Å². The Morgan fingerprint density at radius 2 is 1.81 bits per heavy atom. The number of halogens is 1. The topological polar surface area (TPSA) is 57.3 Å². The monoisotopic (exact) mass is 446 g/mol. The Balaban J connectivity index is 1.44. The van der Waals surface area contributed by atoms with E-state index >= 15 is 0 Å². The van der Waals surface area contributed by atoms with Crippen LogP contribution in [0.2, 0.25) is 0 Å². The lowest BCUT2D eigenvalue weighted by Crippen LogP contribution is -2.42. The summed E-state index contributed by atoms with van der Waals surface area (Å²) in [7, 11) is 0. The number of para-hydroxylation sites is 2. The Morgan fingerprint density at radius 1 is 1.03 bits per heavy atom. The molecular formula is C25H23FN4OS. The summed E-state index contributed by atoms with van der Waals surface area (Å²) in [5, 5.41) is 7.21. The van der Waals surface area contributed by atoms with Gasteiger partial charge in [0, 0.05) is 43.9 Å². The van der Waals surface area contributed by atoms with Crippen LogP contribution in [0.15, 0.2) is 66.7 Å². The second kappa shape index (κ2) is 9.16. The number of hydrogen-bond acceptors (Lipinski definition) is 5. The summed E-state index contributed by atoms with van der Waals surface area (Å²) in [6.07, 6.45) is 0. The Hall–Kier alpha value is -3.13. The van der Waals surface area contributed by atoms with E-state index < -0.39 is 0 Å². The number of carbonyl (C=O) groups is 1. The summed E-state index contributed by atoms with van der Waals surface area (Å²) in [4.78, 5) is 20.1. The van der Waals surface area contributed by atoms with Gasteiger partial charge in [-0.3, -0.25) is 9.69 Å². The second-order valence-corrected chi connectivity index (χ2v) is 8.85. The van der Waals surface area contributed by atoms with Gasteiger partial charge in [0.15, 0.2) is 0 Å². The molecule has 1 saturated heterocycles. The van der Waals surface area contributed by atoms with E-state index in [0.717, 1.165) is 53.5 Å². The number of piperazine rings is 1. The average Bonchev–Trinajstić information content (AvgIpc) is 3.26. The lowest BCUT2D eigenvalue weighted by Gasteiger charge is -2.27. The maximum Gasteiger partial charge on any atom is 0.255 e. The molecule has 0 unspecified atom stereocenters. The number of anilines is 1. The minimum Gasteiger partial charge on any atom is -0.321 e. The molecule has 0 spiro atoms. The first-order valence-corrected chi connectivity index (χ1v) is 11.5. The molecule has 4 aromatic rings. The lowest BCUT2D eigenvalue weighted by molar-refractivity contribution is 0.102. The minimum absolute atomic E-state index is 0.280. The van der Waals surface area contributed by atoms with Gasteiger partial charge in [0.05, 0.1) is 15.9 Å². The fourth-order valence-corrected chi connectivity index (χ4v) is 4.99. The standard InChI is InChI=1S/C25H23FN4OS/c26-19-10-8-17(9-11-19)24(31)28-21-6-2-1-5-20(21)25-29-23-18(4-3-7-22(23)32-25)16-30-14-12-27-13-15-30/h1-11,27H,12-16H2,(H,28,31). The molecule has 5 rings (SSSR count). The summed E-state index contributed by atoms with van der Waals surface area (Å²) in [5.41, 5.74) is 4.20. The number of benzene rings is 3. The molecule has 3 aromatic carbocycles. The van der Waals surface area contributed by atoms with Crippen molar-refractivity contribution in [2.45, 2.75) is 6.54 Å². The highest BCUT2D eigenvalue weighted by Crippen LogP contribution is 2.36. The number of carbonyl (C=O) groups excluding carboxylic acids is 1. The van der Waals surface area contributed by atoms with E-state index in [4.69, 9.17) is 4.98 Å². The van der Waals surface area contributed by atoms with Crippen molar-refractivity contribution in [3.8, 4) is 10.6 Å². The van der Waals surface area contributed by atoms with E-state index in [1.54, 1.807) is 11.3 Å². The van der Waals surface area contributed by atoms with Gasteiger partial charge >= 0.3 is 0 Å². The molecule has 1 aromatic heterocycles. The third-order valence-electron chi connectivity index (χ3n) is 5.62. The van der Waals surface area contributed by atoms with Crippen molar-refractivity contribution in [2.75, 3.05) is 31.5 Å². The fourth-order valence-electron chi connectivity index (χ4n) is 3.93. The third-order valence-corrected chi connectivity index (χ3v) is 6.67. The quantitative estimate of drug-likeness (QED) is 0.464. The molecule has 2 N–H and O–H groups in total. The zero-order valence-electron chi connectivity index (χ0n) is 17.5. The average molecular weight is 447 g/mol. The van der Waals surface area contributed by atoms with E-state index in [9.17, 15) is 9.18 Å². The first kappa shape index (κ1) is 20.8. The van der Waals surface area contributed by atoms with Crippen LogP contribution in [-0.2, 0) is 6.54 Å². The summed E-state index contributed by atoms with van der Waals surface area (Å²) in [6.45, 7) is 4.97. The van der Waals surface area contributed by atoms with Gasteiger partial charge in [0.2, 0.25) is 0 Å². The number of aromatic nitrogens is 1. The number of nitrogens with one attached hydrogen (secondary N) is 2. The summed E-state index contributed by atoms with van der Waals surface area (Å²) in [6, 6.07) is 19.5. The Kier molecular flexibility index (Phi) is 5.94. The van der Waals surface area contributed by atoms with E-state index in [0.29, 0.717) is 11.3 Å². The van der Waals surface area contributed by atoms with E-state index in [2.05, 4.69) is 33.7 Å². The van der Waals surface area contributed by atoms with Gasteiger partial charge < -0.3 is 10.6 Å². The Labute approximate surface area is 189 Å². The van der Waals surface area contributed by atoms with Crippen LogP contribution >= 0.6 is 11.3 Å². The maximum atomic E-state index is 13.2. The van der Waals surface area contributed by atoms with Crippen molar-refractivity contribution in [2.24, 2.45) is 0 Å². The van der Waals surface area contributed by atoms with Crippen LogP contribution in [0.1, 0.15) is 15.9 Å². The van der Waals surface area contributed by atoms with Gasteiger partial charge in [0.25, 0.3) is 5.91 Å². The normalized spacial score (nSPS) is 14.5. The Morgan fingerprint density at radius 3 is 2.62 bits per heavy atom. The van der Waals surface area contributed by atoms with Crippen LogP contribution in [0, 0.1) is 5.82 Å². The van der Waals surface area contributed by atoms with E-state index in [-0.39, 0.29) is 11.7 Å². The van der Waals surface area contributed by atoms with Crippen LogP contribution in [0.4, 0.5) is 10.1 Å². The maximum absolute atomic E-state index is 13.2. The predicted molar refractivity (Wildman–Crippen MR) is 128 cm³/mol. The summed E-state index contributed by atoms with van der Waals surface area (Å²) >= 11 is 1.62. The number of amides is 1. The highest BCUT2D eigenvalue weighted by Gasteiger charge is 2.17. The molecule has 1 fully saturated rings. The highest BCUT2D eigenvalue weighted by molar-refractivity contribution is 7.21. The molecule has 0 atom stereocenters. The molecule has 162 valence electrons. The van der Waals surface area contributed by atoms with Gasteiger partial charge in [-0.25, -0.2) is 9.37 Å². The first-order chi connectivity index (χ1) is 15.7. The summed E-state index contributed by atoms with van der Waals surface area (Å²) < 4.78 is 14.3. The third kappa shape index (κ3) is 4.41. The Bertz CT molecular complexity index is 1250. The molecule has 1 aliphatic heterocycles. The predicted octanol–water partition coefficient (Wildman–Crippen LogP) is 4.76. The van der Waals surface area contributed by atoms with Crippen molar-refractivity contribution in [1.82, 2.24) is 15.2 Å². The highest BCUT2D eigenvalue weighted by atomic mass is 32.1. The van der Waals surface area contributed by atoms with Crippen LogP contribution in [0.25, 0.3) is 20.8 Å².